The molecule has 582 valence electrons. The Morgan fingerprint density at radius 3 is 0.694 bits per heavy atom. The Bertz CT molecular complexity index is 1890. The van der Waals surface area contributed by atoms with Gasteiger partial charge < -0.3 is 33.8 Å². The van der Waals surface area contributed by atoms with Gasteiger partial charge in [0, 0.05) is 25.7 Å². The molecular weight excluding hydrogens is 1280 g/mol. The minimum atomic E-state index is -4.96. The van der Waals surface area contributed by atoms with Crippen molar-refractivity contribution in [2.75, 3.05) is 39.6 Å². The Labute approximate surface area is 600 Å². The monoisotopic (exact) mass is 1440 g/mol. The van der Waals surface area contributed by atoms with Crippen LogP contribution in [0.25, 0.3) is 0 Å². The van der Waals surface area contributed by atoms with Gasteiger partial charge in [0.2, 0.25) is 0 Å². The molecule has 0 radical (unpaired) electrons. The highest BCUT2D eigenvalue weighted by Crippen LogP contribution is 2.45. The average Bonchev–Trinajstić information content (AvgIpc) is 1.11. The van der Waals surface area contributed by atoms with Gasteiger partial charge in [0.25, 0.3) is 0 Å². The number of ether oxygens (including phenoxy) is 4. The summed E-state index contributed by atoms with van der Waals surface area (Å²) in [5.41, 5.74) is 0. The van der Waals surface area contributed by atoms with E-state index in [0.29, 0.717) is 31.6 Å². The van der Waals surface area contributed by atoms with Gasteiger partial charge in [-0.05, 0) is 37.5 Å². The number of aliphatic hydroxyl groups excluding tert-OH is 1. The minimum Gasteiger partial charge on any atom is -0.462 e. The van der Waals surface area contributed by atoms with Crippen molar-refractivity contribution in [2.45, 2.75) is 432 Å². The van der Waals surface area contributed by atoms with E-state index in [1.54, 1.807) is 0 Å². The van der Waals surface area contributed by atoms with E-state index in [2.05, 4.69) is 41.5 Å². The van der Waals surface area contributed by atoms with Crippen LogP contribution in [0.1, 0.15) is 414 Å². The summed E-state index contributed by atoms with van der Waals surface area (Å²) < 4.78 is 68.6. The molecule has 98 heavy (non-hydrogen) atoms. The van der Waals surface area contributed by atoms with Crippen molar-refractivity contribution < 1.29 is 80.2 Å². The van der Waals surface area contributed by atoms with Gasteiger partial charge in [-0.2, -0.15) is 0 Å². The third-order valence-corrected chi connectivity index (χ3v) is 20.4. The number of hydrogen-bond donors (Lipinski definition) is 3. The van der Waals surface area contributed by atoms with E-state index in [0.717, 1.165) is 102 Å². The van der Waals surface area contributed by atoms with Crippen molar-refractivity contribution in [1.29, 1.82) is 0 Å². The number of phosphoric acid groups is 2. The van der Waals surface area contributed by atoms with Crippen molar-refractivity contribution in [3.63, 3.8) is 0 Å². The third-order valence-electron chi connectivity index (χ3n) is 18.5. The summed E-state index contributed by atoms with van der Waals surface area (Å²) in [5, 5.41) is 10.6. The number of phosphoric ester groups is 2. The maximum atomic E-state index is 13.1. The Balaban J connectivity index is 5.20. The van der Waals surface area contributed by atoms with Crippen LogP contribution in [0.15, 0.2) is 0 Å². The van der Waals surface area contributed by atoms with Crippen LogP contribution in [0.2, 0.25) is 0 Å². The van der Waals surface area contributed by atoms with E-state index in [1.165, 1.54) is 225 Å². The Hall–Kier alpha value is -1.94. The van der Waals surface area contributed by atoms with Gasteiger partial charge in [0.1, 0.15) is 19.3 Å². The lowest BCUT2D eigenvalue weighted by Crippen LogP contribution is -2.30. The molecule has 0 amide bonds. The van der Waals surface area contributed by atoms with Gasteiger partial charge in [-0.15, -0.1) is 0 Å². The highest BCUT2D eigenvalue weighted by atomic mass is 31.2. The summed E-state index contributed by atoms with van der Waals surface area (Å²) in [7, 11) is -9.91. The molecule has 3 N–H and O–H groups in total. The van der Waals surface area contributed by atoms with Crippen molar-refractivity contribution in [2.24, 2.45) is 11.8 Å². The molecule has 0 spiro atoms. The van der Waals surface area contributed by atoms with E-state index in [1.807, 2.05) is 0 Å². The zero-order valence-corrected chi connectivity index (χ0v) is 65.9. The van der Waals surface area contributed by atoms with Crippen LogP contribution in [0.5, 0.6) is 0 Å². The van der Waals surface area contributed by atoms with Crippen molar-refractivity contribution in [1.82, 2.24) is 0 Å². The highest BCUT2D eigenvalue weighted by molar-refractivity contribution is 7.47. The molecule has 0 bridgehead atoms. The van der Waals surface area contributed by atoms with Crippen molar-refractivity contribution in [3.05, 3.63) is 0 Å². The van der Waals surface area contributed by atoms with Crippen LogP contribution in [0.3, 0.4) is 0 Å². The molecule has 17 nitrogen and oxygen atoms in total. The van der Waals surface area contributed by atoms with E-state index >= 15 is 0 Å². The molecule has 0 aromatic carbocycles. The second kappa shape index (κ2) is 70.7. The topological polar surface area (TPSA) is 237 Å². The van der Waals surface area contributed by atoms with Crippen LogP contribution in [0.4, 0.5) is 0 Å². The van der Waals surface area contributed by atoms with E-state index in [4.69, 9.17) is 37.0 Å². The largest absolute Gasteiger partial charge is 0.472 e. The fourth-order valence-corrected chi connectivity index (χ4v) is 13.8. The lowest BCUT2D eigenvalue weighted by atomic mass is 10.0. The SMILES string of the molecule is CCCCCCCCCCCCCCCCCCC(=O)OC[C@H](COP(=O)(O)OC[C@@H](O)COP(=O)(O)OC[C@@H](COC(=O)CCCCCCCCCC(C)C)OC(=O)CCCCCCCCCCCCC)OC(=O)CCCCCCCCCCCCCCCCCCCCC(C)C. The second-order valence-corrected chi connectivity index (χ2v) is 32.3. The number of aliphatic hydroxyl groups is 1. The summed E-state index contributed by atoms with van der Waals surface area (Å²) in [5.74, 6) is -0.586. The summed E-state index contributed by atoms with van der Waals surface area (Å²) in [6.45, 7) is 9.59. The predicted octanol–water partition coefficient (Wildman–Crippen LogP) is 23.5. The fraction of sp³-hybridized carbons (Fsp3) is 0.949. The molecule has 0 aliphatic heterocycles. The maximum absolute atomic E-state index is 13.1. The maximum Gasteiger partial charge on any atom is 0.472 e. The van der Waals surface area contributed by atoms with Gasteiger partial charge in [-0.3, -0.25) is 37.3 Å². The molecule has 19 heteroatoms. The third kappa shape index (κ3) is 72.4. The van der Waals surface area contributed by atoms with Crippen LogP contribution < -0.4 is 0 Å². The molecule has 0 aromatic rings. The van der Waals surface area contributed by atoms with E-state index in [-0.39, 0.29) is 25.7 Å². The zero-order chi connectivity index (χ0) is 72.1. The number of carbonyl (C=O) groups is 4. The first-order valence-electron chi connectivity index (χ1n) is 41.0. The molecule has 0 saturated heterocycles. The number of rotatable bonds is 78. The summed E-state index contributed by atoms with van der Waals surface area (Å²) in [6, 6.07) is 0. The molecular formula is C79H154O17P2. The molecule has 0 rings (SSSR count). The molecule has 0 aliphatic rings. The van der Waals surface area contributed by atoms with Crippen molar-refractivity contribution in [3.8, 4) is 0 Å². The predicted molar refractivity (Wildman–Crippen MR) is 400 cm³/mol. The summed E-state index contributed by atoms with van der Waals surface area (Å²) in [4.78, 5) is 72.9. The number of esters is 4. The smallest absolute Gasteiger partial charge is 0.462 e. The molecule has 0 heterocycles. The normalized spacial score (nSPS) is 13.9. The molecule has 5 atom stereocenters. The van der Waals surface area contributed by atoms with Crippen LogP contribution in [0, 0.1) is 11.8 Å². The molecule has 0 saturated carbocycles. The van der Waals surface area contributed by atoms with E-state index in [9.17, 15) is 43.2 Å². The zero-order valence-electron chi connectivity index (χ0n) is 64.1. The van der Waals surface area contributed by atoms with Gasteiger partial charge in [-0.1, -0.05) is 363 Å². The van der Waals surface area contributed by atoms with Crippen molar-refractivity contribution >= 4 is 39.5 Å². The summed E-state index contributed by atoms with van der Waals surface area (Å²) in [6.07, 6.45) is 59.8. The number of carbonyl (C=O) groups excluding carboxylic acids is 4. The first-order valence-corrected chi connectivity index (χ1v) is 44.0. The fourth-order valence-electron chi connectivity index (χ4n) is 12.2. The Kier molecular flexibility index (Phi) is 69.3. The first-order chi connectivity index (χ1) is 47.4. The Morgan fingerprint density at radius 2 is 0.469 bits per heavy atom. The van der Waals surface area contributed by atoms with Gasteiger partial charge in [-0.25, -0.2) is 9.13 Å². The van der Waals surface area contributed by atoms with Crippen LogP contribution in [-0.2, 0) is 65.4 Å². The standard InChI is InChI=1S/C79H154O17P2/c1-7-9-11-13-15-17-19-20-21-27-30-34-37-43-49-55-61-76(81)89-67-74(95-79(84)64-58-52-45-39-35-31-28-25-23-22-24-26-29-33-36-41-47-53-59-71(3)4)69-93-97(85,86)91-65-73(80)66-92-98(87,88)94-70-75(68-90-77(82)62-56-50-46-40-42-48-54-60-72(5)6)96-78(83)63-57-51-44-38-32-18-16-14-12-10-8-2/h71-75,80H,7-70H2,1-6H3,(H,85,86)(H,87,88)/t73-,74-,75-/m1/s1. The first kappa shape index (κ1) is 96.1. The van der Waals surface area contributed by atoms with Gasteiger partial charge >= 0.3 is 39.5 Å². The highest BCUT2D eigenvalue weighted by Gasteiger charge is 2.30. The molecule has 2 unspecified atom stereocenters. The lowest BCUT2D eigenvalue weighted by molar-refractivity contribution is -0.161. The van der Waals surface area contributed by atoms with Gasteiger partial charge in [0.05, 0.1) is 26.4 Å². The number of hydrogen-bond acceptors (Lipinski definition) is 15. The molecule has 0 aliphatic carbocycles. The quantitative estimate of drug-likeness (QED) is 0.0222. The van der Waals surface area contributed by atoms with Crippen LogP contribution in [-0.4, -0.2) is 96.7 Å². The van der Waals surface area contributed by atoms with E-state index < -0.39 is 97.5 Å². The lowest BCUT2D eigenvalue weighted by Gasteiger charge is -2.21. The minimum absolute atomic E-state index is 0.106. The molecule has 0 aromatic heterocycles. The Morgan fingerprint density at radius 1 is 0.276 bits per heavy atom. The molecule has 0 fully saturated rings. The number of unbranched alkanes of at least 4 members (excludes halogenated alkanes) is 48. The second-order valence-electron chi connectivity index (χ2n) is 29.4. The van der Waals surface area contributed by atoms with Gasteiger partial charge in [0.15, 0.2) is 12.2 Å². The summed E-state index contributed by atoms with van der Waals surface area (Å²) >= 11 is 0. The average molecular weight is 1440 g/mol. The van der Waals surface area contributed by atoms with Crippen LogP contribution >= 0.6 is 15.6 Å².